The quantitative estimate of drug-likeness (QED) is 0.827. The fourth-order valence-corrected chi connectivity index (χ4v) is 2.60. The number of hydrogen-bond acceptors (Lipinski definition) is 2. The Labute approximate surface area is 134 Å². The fourth-order valence-electron chi connectivity index (χ4n) is 2.36. The van der Waals surface area contributed by atoms with E-state index in [0.717, 1.165) is 29.8 Å². The van der Waals surface area contributed by atoms with Gasteiger partial charge in [-0.05, 0) is 50.8 Å². The third-order valence-corrected chi connectivity index (χ3v) is 4.17. The Morgan fingerprint density at radius 3 is 2.73 bits per heavy atom. The molecule has 0 aliphatic carbocycles. The van der Waals surface area contributed by atoms with Crippen molar-refractivity contribution in [1.29, 1.82) is 0 Å². The van der Waals surface area contributed by atoms with E-state index in [1.807, 2.05) is 13.8 Å². The summed E-state index contributed by atoms with van der Waals surface area (Å²) in [6, 6.07) is 2.81. The summed E-state index contributed by atoms with van der Waals surface area (Å²) in [4.78, 5) is 12.1. The Kier molecular flexibility index (Phi) is 5.19. The van der Waals surface area contributed by atoms with Crippen LogP contribution in [0.4, 0.5) is 4.39 Å². The predicted octanol–water partition coefficient (Wildman–Crippen LogP) is 3.49. The van der Waals surface area contributed by atoms with E-state index in [0.29, 0.717) is 12.1 Å². The molecule has 118 valence electrons. The first-order valence-corrected chi connectivity index (χ1v) is 7.53. The summed E-state index contributed by atoms with van der Waals surface area (Å²) in [5, 5.41) is 9.94. The normalized spacial score (nSPS) is 10.8. The number of H-pyrrole nitrogens is 1. The van der Waals surface area contributed by atoms with Crippen molar-refractivity contribution in [3.63, 3.8) is 0 Å². The second kappa shape index (κ2) is 6.92. The second-order valence-corrected chi connectivity index (χ2v) is 5.70. The first-order chi connectivity index (χ1) is 10.4. The van der Waals surface area contributed by atoms with Crippen LogP contribution >= 0.6 is 11.6 Å². The van der Waals surface area contributed by atoms with Gasteiger partial charge in [-0.15, -0.1) is 0 Å². The maximum Gasteiger partial charge on any atom is 0.255 e. The smallest absolute Gasteiger partial charge is 0.255 e. The molecule has 0 bridgehead atoms. The maximum atomic E-state index is 13.8. The average Bonchev–Trinajstić information content (AvgIpc) is 2.79. The molecule has 0 spiro atoms. The van der Waals surface area contributed by atoms with Crippen molar-refractivity contribution >= 4 is 17.5 Å². The van der Waals surface area contributed by atoms with Crippen LogP contribution in [0.3, 0.4) is 0 Å². The van der Waals surface area contributed by atoms with Crippen LogP contribution in [-0.4, -0.2) is 22.6 Å². The zero-order valence-corrected chi connectivity index (χ0v) is 13.6. The molecule has 4 nitrogen and oxygen atoms in total. The Hall–Kier alpha value is -1.88. The molecule has 1 aromatic carbocycles. The third kappa shape index (κ3) is 3.47. The highest BCUT2D eigenvalue weighted by atomic mass is 35.5. The Morgan fingerprint density at radius 1 is 1.36 bits per heavy atom. The van der Waals surface area contributed by atoms with Gasteiger partial charge in [-0.2, -0.15) is 5.10 Å². The molecule has 2 aromatic rings. The number of nitrogens with zero attached hydrogens (tertiary/aromatic N) is 1. The third-order valence-electron chi connectivity index (χ3n) is 3.68. The fraction of sp³-hybridized carbons (Fsp3) is 0.375. The van der Waals surface area contributed by atoms with E-state index in [9.17, 15) is 9.18 Å². The number of rotatable bonds is 5. The molecule has 0 fully saturated rings. The summed E-state index contributed by atoms with van der Waals surface area (Å²) in [5.74, 6) is -1.08. The van der Waals surface area contributed by atoms with E-state index in [2.05, 4.69) is 15.5 Å². The number of amides is 1. The van der Waals surface area contributed by atoms with Crippen LogP contribution in [0.1, 0.15) is 39.3 Å². The zero-order valence-electron chi connectivity index (χ0n) is 12.9. The first kappa shape index (κ1) is 16.5. The largest absolute Gasteiger partial charge is 0.352 e. The SMILES string of the molecule is Cc1ccc(F)c(C(=O)NCCCc2c(C)n[nH]c2C)c1Cl. The molecule has 22 heavy (non-hydrogen) atoms. The molecule has 0 saturated heterocycles. The number of aryl methyl sites for hydroxylation is 3. The Balaban J connectivity index is 1.93. The molecule has 2 N–H and O–H groups in total. The molecule has 0 aliphatic heterocycles. The molecule has 0 saturated carbocycles. The standard InChI is InChI=1S/C16H19ClFN3O/c1-9-6-7-13(18)14(15(9)17)16(22)19-8-4-5-12-10(2)20-21-11(12)3/h6-7H,4-5,8H2,1-3H3,(H,19,22)(H,20,21). The molecule has 0 atom stereocenters. The predicted molar refractivity (Wildman–Crippen MR) is 84.9 cm³/mol. The van der Waals surface area contributed by atoms with Crippen LogP contribution < -0.4 is 5.32 Å². The number of nitrogens with one attached hydrogen (secondary N) is 2. The lowest BCUT2D eigenvalue weighted by atomic mass is 10.1. The van der Waals surface area contributed by atoms with Gasteiger partial charge < -0.3 is 5.32 Å². The number of carbonyl (C=O) groups excluding carboxylic acids is 1. The number of hydrogen-bond donors (Lipinski definition) is 2. The van der Waals surface area contributed by atoms with Crippen molar-refractivity contribution in [2.45, 2.75) is 33.6 Å². The van der Waals surface area contributed by atoms with Crippen molar-refractivity contribution in [3.8, 4) is 0 Å². The minimum absolute atomic E-state index is 0.0858. The number of halogens is 2. The molecular formula is C16H19ClFN3O. The molecule has 2 rings (SSSR count). The molecular weight excluding hydrogens is 305 g/mol. The minimum atomic E-state index is -0.602. The molecule has 6 heteroatoms. The van der Waals surface area contributed by atoms with Crippen molar-refractivity contribution in [2.24, 2.45) is 0 Å². The van der Waals surface area contributed by atoms with Gasteiger partial charge in [0.25, 0.3) is 5.91 Å². The van der Waals surface area contributed by atoms with E-state index in [1.54, 1.807) is 13.0 Å². The monoisotopic (exact) mass is 323 g/mol. The zero-order chi connectivity index (χ0) is 16.3. The molecule has 1 amide bonds. The lowest BCUT2D eigenvalue weighted by Gasteiger charge is -2.09. The van der Waals surface area contributed by atoms with Gasteiger partial charge in [-0.3, -0.25) is 9.89 Å². The van der Waals surface area contributed by atoms with Gasteiger partial charge in [0.05, 0.1) is 16.3 Å². The van der Waals surface area contributed by atoms with Crippen LogP contribution in [0.25, 0.3) is 0 Å². The summed E-state index contributed by atoms with van der Waals surface area (Å²) in [6.07, 6.45) is 1.55. The maximum absolute atomic E-state index is 13.8. The van der Waals surface area contributed by atoms with Gasteiger partial charge in [0.2, 0.25) is 0 Å². The van der Waals surface area contributed by atoms with Crippen molar-refractivity contribution in [1.82, 2.24) is 15.5 Å². The molecule has 0 aliphatic rings. The first-order valence-electron chi connectivity index (χ1n) is 7.15. The number of carbonyl (C=O) groups is 1. The van der Waals surface area contributed by atoms with E-state index < -0.39 is 11.7 Å². The van der Waals surface area contributed by atoms with Gasteiger partial charge >= 0.3 is 0 Å². The van der Waals surface area contributed by atoms with Gasteiger partial charge in [0.1, 0.15) is 5.82 Å². The highest BCUT2D eigenvalue weighted by molar-refractivity contribution is 6.34. The summed E-state index contributed by atoms with van der Waals surface area (Å²) in [7, 11) is 0. The molecule has 0 radical (unpaired) electrons. The minimum Gasteiger partial charge on any atom is -0.352 e. The Bertz CT molecular complexity index is 677. The second-order valence-electron chi connectivity index (χ2n) is 5.33. The van der Waals surface area contributed by atoms with Gasteiger partial charge in [0.15, 0.2) is 0 Å². The summed E-state index contributed by atoms with van der Waals surface area (Å²) in [5.41, 5.74) is 3.76. The van der Waals surface area contributed by atoms with Crippen LogP contribution in [0, 0.1) is 26.6 Å². The van der Waals surface area contributed by atoms with Crippen molar-refractivity contribution in [3.05, 3.63) is 51.1 Å². The van der Waals surface area contributed by atoms with Crippen LogP contribution in [0.5, 0.6) is 0 Å². The van der Waals surface area contributed by atoms with E-state index in [4.69, 9.17) is 11.6 Å². The van der Waals surface area contributed by atoms with Gasteiger partial charge in [-0.25, -0.2) is 4.39 Å². The van der Waals surface area contributed by atoms with Crippen LogP contribution in [-0.2, 0) is 6.42 Å². The lowest BCUT2D eigenvalue weighted by molar-refractivity contribution is 0.0949. The van der Waals surface area contributed by atoms with E-state index in [-0.39, 0.29) is 10.6 Å². The number of aromatic amines is 1. The molecule has 0 unspecified atom stereocenters. The summed E-state index contributed by atoms with van der Waals surface area (Å²) in [6.45, 7) is 6.10. The van der Waals surface area contributed by atoms with Crippen LogP contribution in [0.2, 0.25) is 5.02 Å². The topological polar surface area (TPSA) is 57.8 Å². The summed E-state index contributed by atoms with van der Waals surface area (Å²) < 4.78 is 13.8. The number of benzene rings is 1. The molecule has 1 aromatic heterocycles. The molecule has 1 heterocycles. The van der Waals surface area contributed by atoms with Gasteiger partial charge in [0, 0.05) is 12.2 Å². The van der Waals surface area contributed by atoms with Crippen LogP contribution in [0.15, 0.2) is 12.1 Å². The van der Waals surface area contributed by atoms with Crippen molar-refractivity contribution in [2.75, 3.05) is 6.54 Å². The summed E-state index contributed by atoms with van der Waals surface area (Å²) >= 11 is 6.02. The van der Waals surface area contributed by atoms with Crippen molar-refractivity contribution < 1.29 is 9.18 Å². The highest BCUT2D eigenvalue weighted by Gasteiger charge is 2.17. The highest BCUT2D eigenvalue weighted by Crippen LogP contribution is 2.23. The Morgan fingerprint density at radius 2 is 2.09 bits per heavy atom. The lowest BCUT2D eigenvalue weighted by Crippen LogP contribution is -2.26. The average molecular weight is 324 g/mol. The van der Waals surface area contributed by atoms with Gasteiger partial charge in [-0.1, -0.05) is 17.7 Å². The van der Waals surface area contributed by atoms with E-state index >= 15 is 0 Å². The van der Waals surface area contributed by atoms with E-state index in [1.165, 1.54) is 6.07 Å². The number of aromatic nitrogens is 2.